The fourth-order valence-corrected chi connectivity index (χ4v) is 3.70. The van der Waals surface area contributed by atoms with Crippen molar-refractivity contribution in [1.29, 1.82) is 0 Å². The van der Waals surface area contributed by atoms with Gasteiger partial charge in [0.15, 0.2) is 0 Å². The number of aliphatic hydroxyl groups excluding tert-OH is 1. The lowest BCUT2D eigenvalue weighted by atomic mass is 9.80. The topological polar surface area (TPSA) is 39.3 Å². The number of aliphatic hydroxyl groups is 1. The second-order valence-electron chi connectivity index (χ2n) is 5.91. The molecule has 2 heterocycles. The molecule has 2 aromatic rings. The predicted molar refractivity (Wildman–Crippen MR) is 76.9 cm³/mol. The molecule has 0 bridgehead atoms. The number of benzene rings is 1. The quantitative estimate of drug-likeness (QED) is 0.835. The zero-order valence-electron chi connectivity index (χ0n) is 11.4. The van der Waals surface area contributed by atoms with E-state index in [0.717, 1.165) is 35.0 Å². The van der Waals surface area contributed by atoms with Gasteiger partial charge in [-0.25, -0.2) is 4.39 Å². The Bertz CT molecular complexity index is 719. The van der Waals surface area contributed by atoms with Crippen molar-refractivity contribution in [3.05, 3.63) is 41.3 Å². The molecule has 0 amide bonds. The minimum atomic E-state index is -0.212. The molecule has 1 aliphatic heterocycles. The third kappa shape index (κ3) is 1.58. The maximum Gasteiger partial charge on any atom is 0.125 e. The van der Waals surface area contributed by atoms with Crippen molar-refractivity contribution in [2.75, 3.05) is 20.2 Å². The standard InChI is InChI=1S/C16H17FN2O/c1-19-7-9(8-20)2-12-13-4-11(17)5-14-16(13)10(6-18-14)3-15(12)19/h2,4-6,9,15,18,20H,3,7-8H2,1H3/t9-,15-/m1/s1. The highest BCUT2D eigenvalue weighted by atomic mass is 19.1. The van der Waals surface area contributed by atoms with E-state index in [4.69, 9.17) is 0 Å². The van der Waals surface area contributed by atoms with Crippen molar-refractivity contribution in [2.24, 2.45) is 5.92 Å². The number of H-pyrrole nitrogens is 1. The molecule has 1 aliphatic carbocycles. The highest BCUT2D eigenvalue weighted by Crippen LogP contribution is 2.41. The molecule has 104 valence electrons. The normalized spacial score (nSPS) is 25.6. The summed E-state index contributed by atoms with van der Waals surface area (Å²) in [7, 11) is 2.08. The van der Waals surface area contributed by atoms with Crippen LogP contribution in [0.15, 0.2) is 24.4 Å². The summed E-state index contributed by atoms with van der Waals surface area (Å²) < 4.78 is 13.8. The van der Waals surface area contributed by atoms with E-state index < -0.39 is 0 Å². The van der Waals surface area contributed by atoms with Gasteiger partial charge in [0.05, 0.1) is 6.61 Å². The molecule has 0 spiro atoms. The number of hydrogen-bond acceptors (Lipinski definition) is 2. The summed E-state index contributed by atoms with van der Waals surface area (Å²) in [5.74, 6) is -0.0821. The van der Waals surface area contributed by atoms with Crippen LogP contribution < -0.4 is 0 Å². The lowest BCUT2D eigenvalue weighted by Crippen LogP contribution is -2.43. The monoisotopic (exact) mass is 272 g/mol. The average Bonchev–Trinajstić information content (AvgIpc) is 2.83. The van der Waals surface area contributed by atoms with Crippen molar-refractivity contribution in [3.8, 4) is 0 Å². The number of fused-ring (bicyclic) bond motifs is 2. The summed E-state index contributed by atoms with van der Waals surface area (Å²) in [5.41, 5.74) is 4.27. The van der Waals surface area contributed by atoms with Crippen LogP contribution in [0.4, 0.5) is 4.39 Å². The first-order valence-electron chi connectivity index (χ1n) is 7.00. The first kappa shape index (κ1) is 12.1. The molecule has 0 saturated carbocycles. The van der Waals surface area contributed by atoms with Gasteiger partial charge in [0, 0.05) is 35.6 Å². The van der Waals surface area contributed by atoms with Crippen LogP contribution in [0.1, 0.15) is 11.1 Å². The Kier molecular flexibility index (Phi) is 2.53. The molecule has 0 unspecified atom stereocenters. The minimum Gasteiger partial charge on any atom is -0.396 e. The number of nitrogens with one attached hydrogen (secondary N) is 1. The molecule has 0 saturated heterocycles. The second kappa shape index (κ2) is 4.17. The van der Waals surface area contributed by atoms with Crippen molar-refractivity contribution in [1.82, 2.24) is 9.88 Å². The molecule has 0 radical (unpaired) electrons. The van der Waals surface area contributed by atoms with Gasteiger partial charge in [-0.3, -0.25) is 4.90 Å². The van der Waals surface area contributed by atoms with Gasteiger partial charge in [-0.2, -0.15) is 0 Å². The molecule has 3 nitrogen and oxygen atoms in total. The molecule has 2 atom stereocenters. The van der Waals surface area contributed by atoms with Crippen LogP contribution in [-0.4, -0.2) is 41.2 Å². The summed E-state index contributed by atoms with van der Waals surface area (Å²) in [6, 6.07) is 3.47. The van der Waals surface area contributed by atoms with E-state index in [1.807, 2.05) is 6.20 Å². The van der Waals surface area contributed by atoms with Gasteiger partial charge >= 0.3 is 0 Å². The lowest BCUT2D eigenvalue weighted by molar-refractivity contribution is 0.181. The summed E-state index contributed by atoms with van der Waals surface area (Å²) in [6.45, 7) is 0.988. The Morgan fingerprint density at radius 2 is 2.30 bits per heavy atom. The van der Waals surface area contributed by atoms with E-state index in [2.05, 4.69) is 23.0 Å². The van der Waals surface area contributed by atoms with Crippen LogP contribution in [0.2, 0.25) is 0 Å². The average molecular weight is 272 g/mol. The molecule has 20 heavy (non-hydrogen) atoms. The Hall–Kier alpha value is -1.65. The number of nitrogens with zero attached hydrogens (tertiary/aromatic N) is 1. The Balaban J connectivity index is 1.99. The number of likely N-dealkylation sites (N-methyl/N-ethyl adjacent to an activating group) is 1. The van der Waals surface area contributed by atoms with Crippen molar-refractivity contribution >= 4 is 16.5 Å². The van der Waals surface area contributed by atoms with Crippen molar-refractivity contribution < 1.29 is 9.50 Å². The van der Waals surface area contributed by atoms with E-state index in [-0.39, 0.29) is 24.4 Å². The highest BCUT2D eigenvalue weighted by molar-refractivity contribution is 5.98. The van der Waals surface area contributed by atoms with E-state index in [1.165, 1.54) is 5.56 Å². The summed E-state index contributed by atoms with van der Waals surface area (Å²) >= 11 is 0. The summed E-state index contributed by atoms with van der Waals surface area (Å²) in [5, 5.41) is 10.6. The second-order valence-corrected chi connectivity index (χ2v) is 5.91. The number of rotatable bonds is 1. The molecule has 1 aromatic heterocycles. The fraction of sp³-hybridized carbons (Fsp3) is 0.375. The van der Waals surface area contributed by atoms with E-state index >= 15 is 0 Å². The third-order valence-electron chi connectivity index (χ3n) is 4.61. The zero-order valence-corrected chi connectivity index (χ0v) is 11.4. The molecule has 2 aliphatic rings. The highest BCUT2D eigenvalue weighted by Gasteiger charge is 2.33. The van der Waals surface area contributed by atoms with Gasteiger partial charge in [-0.15, -0.1) is 0 Å². The molecule has 4 heteroatoms. The molecule has 2 N–H and O–H groups in total. The van der Waals surface area contributed by atoms with Crippen molar-refractivity contribution in [2.45, 2.75) is 12.5 Å². The van der Waals surface area contributed by atoms with E-state index in [1.54, 1.807) is 12.1 Å². The van der Waals surface area contributed by atoms with Gasteiger partial charge < -0.3 is 10.1 Å². The van der Waals surface area contributed by atoms with Gasteiger partial charge in [0.2, 0.25) is 0 Å². The Labute approximate surface area is 116 Å². The maximum absolute atomic E-state index is 13.8. The van der Waals surface area contributed by atoms with E-state index in [0.29, 0.717) is 0 Å². The number of halogens is 1. The van der Waals surface area contributed by atoms with E-state index in [9.17, 15) is 9.50 Å². The minimum absolute atomic E-state index is 0.130. The molecule has 4 rings (SSSR count). The molecule has 0 fully saturated rings. The van der Waals surface area contributed by atoms with Gasteiger partial charge in [0.1, 0.15) is 5.82 Å². The van der Waals surface area contributed by atoms with Crippen LogP contribution in [0, 0.1) is 11.7 Å². The Morgan fingerprint density at radius 3 is 3.10 bits per heavy atom. The zero-order chi connectivity index (χ0) is 13.9. The maximum atomic E-state index is 13.8. The van der Waals surface area contributed by atoms with Crippen LogP contribution >= 0.6 is 0 Å². The van der Waals surface area contributed by atoms with Crippen LogP contribution in [0.3, 0.4) is 0 Å². The van der Waals surface area contributed by atoms with Gasteiger partial charge in [-0.1, -0.05) is 6.08 Å². The predicted octanol–water partition coefficient (Wildman–Crippen LogP) is 2.17. The van der Waals surface area contributed by atoms with Crippen LogP contribution in [-0.2, 0) is 6.42 Å². The fourth-order valence-electron chi connectivity index (χ4n) is 3.70. The summed E-state index contributed by atoms with van der Waals surface area (Å²) in [6.07, 6.45) is 5.07. The third-order valence-corrected chi connectivity index (χ3v) is 4.61. The molecular formula is C16H17FN2O. The smallest absolute Gasteiger partial charge is 0.125 e. The number of aromatic amines is 1. The SMILES string of the molecule is CN1C[C@H](CO)C=C2c3cc(F)cc4[nH]cc(c34)C[C@H]21. The Morgan fingerprint density at radius 1 is 1.45 bits per heavy atom. The van der Waals surface area contributed by atoms with Crippen LogP contribution in [0.25, 0.3) is 16.5 Å². The van der Waals surface area contributed by atoms with Crippen molar-refractivity contribution in [3.63, 3.8) is 0 Å². The van der Waals surface area contributed by atoms with Gasteiger partial charge in [-0.05, 0) is 42.3 Å². The summed E-state index contributed by atoms with van der Waals surface area (Å²) in [4.78, 5) is 5.44. The van der Waals surface area contributed by atoms with Crippen LogP contribution in [0.5, 0.6) is 0 Å². The van der Waals surface area contributed by atoms with Gasteiger partial charge in [0.25, 0.3) is 0 Å². The number of aromatic nitrogens is 1. The number of hydrogen-bond donors (Lipinski definition) is 2. The first-order chi connectivity index (χ1) is 9.67. The molecule has 1 aromatic carbocycles. The molecular weight excluding hydrogens is 255 g/mol. The first-order valence-corrected chi connectivity index (χ1v) is 7.00. The lowest BCUT2D eigenvalue weighted by Gasteiger charge is -2.39. The largest absolute Gasteiger partial charge is 0.396 e.